The highest BCUT2D eigenvalue weighted by atomic mass is 32.2. The molecule has 2 aromatic rings. The minimum atomic E-state index is -3.76. The molecule has 0 atom stereocenters. The van der Waals surface area contributed by atoms with Gasteiger partial charge in [-0.15, -0.1) is 0 Å². The number of hydrogen-bond donors (Lipinski definition) is 1. The van der Waals surface area contributed by atoms with Crippen LogP contribution in [0.25, 0.3) is 0 Å². The summed E-state index contributed by atoms with van der Waals surface area (Å²) in [6, 6.07) is 13.7. The molecule has 0 bridgehead atoms. The molecule has 144 valence electrons. The molecule has 7 nitrogen and oxygen atoms in total. The van der Waals surface area contributed by atoms with Crippen molar-refractivity contribution in [1.29, 1.82) is 0 Å². The number of anilines is 1. The van der Waals surface area contributed by atoms with E-state index in [0.29, 0.717) is 5.69 Å². The number of benzene rings is 2. The summed E-state index contributed by atoms with van der Waals surface area (Å²) in [5, 5.41) is 9.16. The van der Waals surface area contributed by atoms with E-state index in [1.54, 1.807) is 44.2 Å². The fourth-order valence-corrected chi connectivity index (χ4v) is 3.83. The molecule has 0 aliphatic rings. The van der Waals surface area contributed by atoms with E-state index < -0.39 is 28.4 Å². The van der Waals surface area contributed by atoms with Crippen molar-refractivity contribution in [2.24, 2.45) is 0 Å². The largest absolute Gasteiger partial charge is 0.480 e. The van der Waals surface area contributed by atoms with E-state index in [-0.39, 0.29) is 16.5 Å². The second-order valence-electron chi connectivity index (χ2n) is 6.26. The number of amides is 1. The van der Waals surface area contributed by atoms with Crippen molar-refractivity contribution in [1.82, 2.24) is 4.31 Å². The maximum absolute atomic E-state index is 12.9. The predicted octanol–water partition coefficient (Wildman–Crippen LogP) is 2.45. The van der Waals surface area contributed by atoms with Crippen LogP contribution in [0.2, 0.25) is 0 Å². The van der Waals surface area contributed by atoms with Gasteiger partial charge in [0.15, 0.2) is 0 Å². The van der Waals surface area contributed by atoms with Gasteiger partial charge in [-0.3, -0.25) is 14.5 Å². The van der Waals surface area contributed by atoms with Crippen LogP contribution >= 0.6 is 0 Å². The van der Waals surface area contributed by atoms with Crippen molar-refractivity contribution in [3.63, 3.8) is 0 Å². The third kappa shape index (κ3) is 4.72. The van der Waals surface area contributed by atoms with Crippen LogP contribution in [0.3, 0.4) is 0 Å². The number of nitrogens with zero attached hydrogens (tertiary/aromatic N) is 2. The first-order valence-electron chi connectivity index (χ1n) is 8.31. The summed E-state index contributed by atoms with van der Waals surface area (Å²) in [4.78, 5) is 25.2. The van der Waals surface area contributed by atoms with Gasteiger partial charge < -0.3 is 5.11 Å². The minimum absolute atomic E-state index is 0.0205. The van der Waals surface area contributed by atoms with E-state index in [1.165, 1.54) is 35.6 Å². The number of sulfonamides is 1. The summed E-state index contributed by atoms with van der Waals surface area (Å²) in [5.41, 5.74) is 0.510. The molecule has 0 spiro atoms. The first-order valence-corrected chi connectivity index (χ1v) is 9.75. The quantitative estimate of drug-likeness (QED) is 0.784. The van der Waals surface area contributed by atoms with E-state index in [4.69, 9.17) is 5.11 Å². The van der Waals surface area contributed by atoms with Crippen LogP contribution in [-0.4, -0.2) is 49.3 Å². The van der Waals surface area contributed by atoms with Gasteiger partial charge in [0.25, 0.3) is 5.91 Å². The van der Waals surface area contributed by atoms with E-state index >= 15 is 0 Å². The second kappa shape index (κ2) is 8.32. The van der Waals surface area contributed by atoms with Gasteiger partial charge in [-0.05, 0) is 44.2 Å². The number of aliphatic carboxylic acids is 1. The highest BCUT2D eigenvalue weighted by Gasteiger charge is 2.26. The number of carboxylic acid groups (broad SMARTS) is 1. The highest BCUT2D eigenvalue weighted by Crippen LogP contribution is 2.21. The molecule has 2 aromatic carbocycles. The molecule has 0 aliphatic heterocycles. The molecule has 0 unspecified atom stereocenters. The van der Waals surface area contributed by atoms with Crippen molar-refractivity contribution in [2.75, 3.05) is 18.5 Å². The Kier molecular flexibility index (Phi) is 6.35. The molecular weight excluding hydrogens is 368 g/mol. The van der Waals surface area contributed by atoms with Crippen LogP contribution in [0.5, 0.6) is 0 Å². The van der Waals surface area contributed by atoms with Gasteiger partial charge in [-0.25, -0.2) is 8.42 Å². The first kappa shape index (κ1) is 20.6. The SMILES string of the molecule is CC(C)N(C)S(=O)(=O)c1cccc(C(=O)N(CC(=O)O)c2ccccc2)c1. The zero-order chi connectivity index (χ0) is 20.2. The fourth-order valence-electron chi connectivity index (χ4n) is 2.41. The Morgan fingerprint density at radius 3 is 2.22 bits per heavy atom. The normalized spacial score (nSPS) is 11.6. The van der Waals surface area contributed by atoms with Crippen LogP contribution in [0.15, 0.2) is 59.5 Å². The third-order valence-electron chi connectivity index (χ3n) is 4.09. The molecule has 0 saturated carbocycles. The average Bonchev–Trinajstić information content (AvgIpc) is 2.65. The Morgan fingerprint density at radius 2 is 1.67 bits per heavy atom. The van der Waals surface area contributed by atoms with Gasteiger partial charge >= 0.3 is 5.97 Å². The lowest BCUT2D eigenvalue weighted by Gasteiger charge is -2.23. The summed E-state index contributed by atoms with van der Waals surface area (Å²) in [7, 11) is -2.29. The molecule has 0 heterocycles. The first-order chi connectivity index (χ1) is 12.6. The summed E-state index contributed by atoms with van der Waals surface area (Å²) >= 11 is 0. The minimum Gasteiger partial charge on any atom is -0.480 e. The Balaban J connectivity index is 2.44. The van der Waals surface area contributed by atoms with Crippen LogP contribution in [0.4, 0.5) is 5.69 Å². The summed E-state index contributed by atoms with van der Waals surface area (Å²) in [5.74, 6) is -1.76. The highest BCUT2D eigenvalue weighted by molar-refractivity contribution is 7.89. The lowest BCUT2D eigenvalue weighted by Crippen LogP contribution is -2.36. The van der Waals surface area contributed by atoms with Gasteiger partial charge in [0.05, 0.1) is 4.90 Å². The van der Waals surface area contributed by atoms with Gasteiger partial charge in [0.2, 0.25) is 10.0 Å². The number of para-hydroxylation sites is 1. The Labute approximate surface area is 158 Å². The summed E-state index contributed by atoms with van der Waals surface area (Å²) in [6.07, 6.45) is 0. The Hall–Kier alpha value is -2.71. The number of hydrogen-bond acceptors (Lipinski definition) is 4. The third-order valence-corrected chi connectivity index (χ3v) is 6.12. The molecule has 0 saturated heterocycles. The van der Waals surface area contributed by atoms with Crippen molar-refractivity contribution < 1.29 is 23.1 Å². The molecule has 0 radical (unpaired) electrons. The van der Waals surface area contributed by atoms with Gasteiger partial charge in [0, 0.05) is 24.3 Å². The van der Waals surface area contributed by atoms with E-state index in [9.17, 15) is 18.0 Å². The Bertz CT molecular complexity index is 926. The summed E-state index contributed by atoms with van der Waals surface area (Å²) in [6.45, 7) is 2.96. The monoisotopic (exact) mass is 390 g/mol. The molecule has 0 aromatic heterocycles. The van der Waals surface area contributed by atoms with Gasteiger partial charge in [-0.2, -0.15) is 4.31 Å². The van der Waals surface area contributed by atoms with E-state index in [1.807, 2.05) is 0 Å². The number of rotatable bonds is 7. The molecule has 0 aliphatic carbocycles. The lowest BCUT2D eigenvalue weighted by molar-refractivity contribution is -0.135. The topological polar surface area (TPSA) is 95.0 Å². The maximum Gasteiger partial charge on any atom is 0.323 e. The molecule has 8 heteroatoms. The molecule has 2 rings (SSSR count). The standard InChI is InChI=1S/C19H22N2O5S/c1-14(2)20(3)27(25,26)17-11-7-8-15(12-17)19(24)21(13-18(22)23)16-9-5-4-6-10-16/h4-12,14H,13H2,1-3H3,(H,22,23). The van der Waals surface area contributed by atoms with Crippen LogP contribution in [0.1, 0.15) is 24.2 Å². The zero-order valence-electron chi connectivity index (χ0n) is 15.4. The number of carbonyl (C=O) groups is 2. The van der Waals surface area contributed by atoms with Crippen LogP contribution < -0.4 is 4.90 Å². The van der Waals surface area contributed by atoms with Gasteiger partial charge in [0.1, 0.15) is 6.54 Å². The molecule has 1 amide bonds. The van der Waals surface area contributed by atoms with Crippen LogP contribution in [-0.2, 0) is 14.8 Å². The zero-order valence-corrected chi connectivity index (χ0v) is 16.2. The molecule has 27 heavy (non-hydrogen) atoms. The molecule has 0 fully saturated rings. The molecule has 1 N–H and O–H groups in total. The van der Waals surface area contributed by atoms with Crippen molar-refractivity contribution in [3.8, 4) is 0 Å². The number of carbonyl (C=O) groups excluding carboxylic acids is 1. The predicted molar refractivity (Wildman–Crippen MR) is 102 cm³/mol. The van der Waals surface area contributed by atoms with E-state index in [2.05, 4.69) is 0 Å². The van der Waals surface area contributed by atoms with Crippen molar-refractivity contribution in [3.05, 3.63) is 60.2 Å². The second-order valence-corrected chi connectivity index (χ2v) is 8.26. The van der Waals surface area contributed by atoms with Crippen molar-refractivity contribution in [2.45, 2.75) is 24.8 Å². The molecular formula is C19H22N2O5S. The maximum atomic E-state index is 12.9. The fraction of sp³-hybridized carbons (Fsp3) is 0.263. The number of carboxylic acids is 1. The lowest BCUT2D eigenvalue weighted by atomic mass is 10.1. The van der Waals surface area contributed by atoms with E-state index in [0.717, 1.165) is 4.90 Å². The van der Waals surface area contributed by atoms with Crippen LogP contribution in [0, 0.1) is 0 Å². The Morgan fingerprint density at radius 1 is 1.04 bits per heavy atom. The van der Waals surface area contributed by atoms with Crippen molar-refractivity contribution >= 4 is 27.6 Å². The van der Waals surface area contributed by atoms with Gasteiger partial charge in [-0.1, -0.05) is 24.3 Å². The average molecular weight is 390 g/mol. The smallest absolute Gasteiger partial charge is 0.323 e. The summed E-state index contributed by atoms with van der Waals surface area (Å²) < 4.78 is 26.6.